The summed E-state index contributed by atoms with van der Waals surface area (Å²) in [5, 5.41) is 11.8. The van der Waals surface area contributed by atoms with Gasteiger partial charge in [0.25, 0.3) is 0 Å². The second-order valence-corrected chi connectivity index (χ2v) is 16.8. The van der Waals surface area contributed by atoms with E-state index in [9.17, 15) is 19.5 Å². The Bertz CT molecular complexity index is 1210. The van der Waals surface area contributed by atoms with E-state index in [0.717, 1.165) is 24.8 Å². The molecule has 0 aromatic rings. The number of hydrogen-bond donors (Lipinski definition) is 1. The average molecular weight is 675 g/mol. The lowest BCUT2D eigenvalue weighted by Crippen LogP contribution is -2.70. The molecule has 7 nitrogen and oxygen atoms in total. The summed E-state index contributed by atoms with van der Waals surface area (Å²) in [5.41, 5.74) is -4.46. The van der Waals surface area contributed by atoms with Crippen LogP contribution in [-0.2, 0) is 28.6 Å². The predicted molar refractivity (Wildman–Crippen MR) is 183 cm³/mol. The number of hydrogen-bond acceptors (Lipinski definition) is 7. The van der Waals surface area contributed by atoms with Crippen LogP contribution in [0.2, 0.25) is 0 Å². The van der Waals surface area contributed by atoms with E-state index in [1.54, 1.807) is 19.9 Å². The van der Waals surface area contributed by atoms with Gasteiger partial charge >= 0.3 is 5.97 Å². The standard InChI is InChI=1S/C40H63FO7/c1-6-7-8-9-10-11-12-13-14-15-16-17-18-19-35(45)46-27-33(44)40-34(47-36(2,3)48-40)25-31-30-21-20-28-24-29(42)22-23-37(28,4)39(30,41)32(43)26-38(31,40)5/h24,30-32,34,43H,6-23,25-27H2,1-5H3/t30-,31-,32-,34+,37-,38-,39-,40+/m0/s1. The minimum atomic E-state index is -1.93. The van der Waals surface area contributed by atoms with E-state index in [1.165, 1.54) is 64.2 Å². The zero-order chi connectivity index (χ0) is 34.8. The fourth-order valence-electron chi connectivity index (χ4n) is 10.8. The number of unbranched alkanes of at least 4 members (excludes halogenated alkanes) is 12. The Morgan fingerprint density at radius 3 is 2.15 bits per heavy atom. The van der Waals surface area contributed by atoms with Crippen LogP contribution in [0.4, 0.5) is 4.39 Å². The first-order valence-corrected chi connectivity index (χ1v) is 19.4. The molecule has 1 saturated heterocycles. The van der Waals surface area contributed by atoms with Gasteiger partial charge in [-0.2, -0.15) is 0 Å². The Morgan fingerprint density at radius 1 is 0.917 bits per heavy atom. The van der Waals surface area contributed by atoms with Gasteiger partial charge in [-0.15, -0.1) is 0 Å². The van der Waals surface area contributed by atoms with Gasteiger partial charge in [0.1, 0.15) is 5.67 Å². The number of esters is 1. The highest BCUT2D eigenvalue weighted by atomic mass is 19.1. The molecule has 8 heteroatoms. The lowest BCUT2D eigenvalue weighted by molar-refractivity contribution is -0.251. The Labute approximate surface area is 288 Å². The lowest BCUT2D eigenvalue weighted by Gasteiger charge is -2.63. The molecular weight excluding hydrogens is 611 g/mol. The van der Waals surface area contributed by atoms with E-state index >= 15 is 4.39 Å². The molecule has 1 N–H and O–H groups in total. The van der Waals surface area contributed by atoms with Crippen LogP contribution in [0.1, 0.15) is 163 Å². The molecule has 3 saturated carbocycles. The topological polar surface area (TPSA) is 99.1 Å². The molecule has 1 aliphatic heterocycles. The summed E-state index contributed by atoms with van der Waals surface area (Å²) in [5.74, 6) is -2.60. The van der Waals surface area contributed by atoms with E-state index < -0.39 is 58.6 Å². The summed E-state index contributed by atoms with van der Waals surface area (Å²) in [7, 11) is 0. The monoisotopic (exact) mass is 674 g/mol. The van der Waals surface area contributed by atoms with Crippen LogP contribution >= 0.6 is 0 Å². The zero-order valence-corrected chi connectivity index (χ0v) is 30.5. The van der Waals surface area contributed by atoms with Gasteiger partial charge in [-0.1, -0.05) is 103 Å². The predicted octanol–water partition coefficient (Wildman–Crippen LogP) is 8.68. The summed E-state index contributed by atoms with van der Waals surface area (Å²) in [4.78, 5) is 39.3. The van der Waals surface area contributed by atoms with Crippen LogP contribution in [0.3, 0.4) is 0 Å². The van der Waals surface area contributed by atoms with Crippen LogP contribution in [0.25, 0.3) is 0 Å². The van der Waals surface area contributed by atoms with E-state index in [0.29, 0.717) is 25.7 Å². The third-order valence-electron chi connectivity index (χ3n) is 13.3. The van der Waals surface area contributed by atoms with Gasteiger partial charge in [0.2, 0.25) is 5.78 Å². The van der Waals surface area contributed by atoms with Gasteiger partial charge in [-0.05, 0) is 64.4 Å². The highest BCUT2D eigenvalue weighted by molar-refractivity contribution is 5.93. The van der Waals surface area contributed by atoms with Crippen LogP contribution in [-0.4, -0.2) is 58.5 Å². The Morgan fingerprint density at radius 2 is 1.52 bits per heavy atom. The molecule has 8 atom stereocenters. The first-order valence-electron chi connectivity index (χ1n) is 19.4. The van der Waals surface area contributed by atoms with Crippen molar-refractivity contribution in [3.8, 4) is 0 Å². The SMILES string of the molecule is CCCCCCCCCCCCCCCC(=O)OCC(=O)[C@@]12OC(C)(C)O[C@@H]1C[C@H]1[C@@H]3CCC4=CC(=O)CC[C@]4(C)[C@@]3(F)[C@@H](O)C[C@@]12C. The van der Waals surface area contributed by atoms with Crippen molar-refractivity contribution in [3.05, 3.63) is 11.6 Å². The number of allylic oxidation sites excluding steroid dienone is 1. The molecule has 48 heavy (non-hydrogen) atoms. The van der Waals surface area contributed by atoms with Gasteiger partial charge in [-0.3, -0.25) is 14.4 Å². The molecule has 0 unspecified atom stereocenters. The van der Waals surface area contributed by atoms with Crippen molar-refractivity contribution in [3.63, 3.8) is 0 Å². The summed E-state index contributed by atoms with van der Waals surface area (Å²) in [6, 6.07) is 0. The van der Waals surface area contributed by atoms with Gasteiger partial charge < -0.3 is 19.3 Å². The average Bonchev–Trinajstić information content (AvgIpc) is 3.44. The van der Waals surface area contributed by atoms with E-state index in [1.807, 2.05) is 13.8 Å². The second-order valence-electron chi connectivity index (χ2n) is 16.8. The Hall–Kier alpha value is -1.64. The molecule has 1 heterocycles. The van der Waals surface area contributed by atoms with Gasteiger partial charge in [-0.25, -0.2) is 4.39 Å². The number of ether oxygens (including phenoxy) is 3. The molecule has 4 fully saturated rings. The van der Waals surface area contributed by atoms with Crippen LogP contribution in [0.15, 0.2) is 11.6 Å². The molecule has 5 rings (SSSR count). The number of fused-ring (bicyclic) bond motifs is 7. The molecule has 0 amide bonds. The summed E-state index contributed by atoms with van der Waals surface area (Å²) < 4.78 is 36.1. The second kappa shape index (κ2) is 14.9. The largest absolute Gasteiger partial charge is 0.458 e. The number of aliphatic hydroxyl groups excluding tert-OH is 1. The highest BCUT2D eigenvalue weighted by Crippen LogP contribution is 2.72. The minimum absolute atomic E-state index is 0.0206. The molecule has 0 spiro atoms. The molecule has 0 aromatic heterocycles. The zero-order valence-electron chi connectivity index (χ0n) is 30.5. The molecule has 0 aromatic carbocycles. The number of carbonyl (C=O) groups is 3. The van der Waals surface area contributed by atoms with Crippen LogP contribution < -0.4 is 0 Å². The Balaban J connectivity index is 1.15. The van der Waals surface area contributed by atoms with Crippen LogP contribution in [0.5, 0.6) is 0 Å². The normalized spacial score (nSPS) is 38.1. The molecule has 4 aliphatic carbocycles. The number of aliphatic hydroxyl groups is 1. The van der Waals surface area contributed by atoms with Crippen molar-refractivity contribution in [1.29, 1.82) is 0 Å². The molecule has 272 valence electrons. The minimum Gasteiger partial charge on any atom is -0.458 e. The number of carbonyl (C=O) groups excluding carboxylic acids is 3. The number of ketones is 2. The van der Waals surface area contributed by atoms with E-state index in [-0.39, 0.29) is 36.7 Å². The smallest absolute Gasteiger partial charge is 0.306 e. The third kappa shape index (κ3) is 6.73. The maximum atomic E-state index is 17.6. The summed E-state index contributed by atoms with van der Waals surface area (Å²) in [6.45, 7) is 9.18. The van der Waals surface area contributed by atoms with Crippen LogP contribution in [0, 0.1) is 22.7 Å². The van der Waals surface area contributed by atoms with Gasteiger partial charge in [0, 0.05) is 29.6 Å². The van der Waals surface area contributed by atoms with E-state index in [2.05, 4.69) is 6.92 Å². The molecule has 5 aliphatic rings. The van der Waals surface area contributed by atoms with E-state index in [4.69, 9.17) is 14.2 Å². The van der Waals surface area contributed by atoms with Crippen molar-refractivity contribution in [2.75, 3.05) is 6.61 Å². The lowest BCUT2D eigenvalue weighted by atomic mass is 9.44. The first kappa shape index (κ1) is 37.6. The fourth-order valence-corrected chi connectivity index (χ4v) is 10.8. The van der Waals surface area contributed by atoms with Crippen molar-refractivity contribution >= 4 is 17.5 Å². The quantitative estimate of drug-likeness (QED) is 0.122. The molecule has 0 radical (unpaired) electrons. The van der Waals surface area contributed by atoms with Crippen molar-refractivity contribution < 1.29 is 38.1 Å². The van der Waals surface area contributed by atoms with Gasteiger partial charge in [0.05, 0.1) is 12.2 Å². The number of alkyl halides is 1. The first-order chi connectivity index (χ1) is 22.7. The van der Waals surface area contributed by atoms with Crippen molar-refractivity contribution in [1.82, 2.24) is 0 Å². The fraction of sp³-hybridized carbons (Fsp3) is 0.875. The summed E-state index contributed by atoms with van der Waals surface area (Å²) in [6.07, 6.45) is 17.9. The van der Waals surface area contributed by atoms with Gasteiger partial charge in [0.15, 0.2) is 23.8 Å². The molecule has 0 bridgehead atoms. The number of rotatable bonds is 17. The van der Waals surface area contributed by atoms with Crippen molar-refractivity contribution in [2.45, 2.75) is 192 Å². The van der Waals surface area contributed by atoms with Crippen molar-refractivity contribution in [2.24, 2.45) is 22.7 Å². The number of Topliss-reactive ketones (excluding diaryl/α,β-unsaturated/α-hetero) is 1. The summed E-state index contributed by atoms with van der Waals surface area (Å²) >= 11 is 0. The highest BCUT2D eigenvalue weighted by Gasteiger charge is 2.80. The maximum Gasteiger partial charge on any atom is 0.306 e. The third-order valence-corrected chi connectivity index (χ3v) is 13.3. The Kier molecular flexibility index (Phi) is 11.7. The maximum absolute atomic E-state index is 17.6. The molecular formula is C40H63FO7. The number of halogens is 1.